The van der Waals surface area contributed by atoms with Crippen molar-refractivity contribution in [2.45, 2.75) is 12.5 Å². The molecule has 0 unspecified atom stereocenters. The Hall–Kier alpha value is -1.67. The zero-order valence-electron chi connectivity index (χ0n) is 11.7. The van der Waals surface area contributed by atoms with Gasteiger partial charge in [0.15, 0.2) is 16.6 Å². The average Bonchev–Trinajstić information content (AvgIpc) is 2.95. The van der Waals surface area contributed by atoms with Crippen molar-refractivity contribution in [1.29, 1.82) is 0 Å². The van der Waals surface area contributed by atoms with Gasteiger partial charge in [0.1, 0.15) is 5.52 Å². The summed E-state index contributed by atoms with van der Waals surface area (Å²) in [5, 5.41) is 9.36. The van der Waals surface area contributed by atoms with Crippen LogP contribution in [0.25, 0.3) is 11.2 Å². The van der Waals surface area contributed by atoms with Crippen LogP contribution in [-0.2, 0) is 0 Å². The molecule has 0 saturated carbocycles. The summed E-state index contributed by atoms with van der Waals surface area (Å²) in [4.78, 5) is 27.3. The normalized spacial score (nSPS) is 18.0. The van der Waals surface area contributed by atoms with Crippen LogP contribution in [0.2, 0.25) is 5.15 Å². The molecule has 116 valence electrons. The van der Waals surface area contributed by atoms with E-state index in [0.717, 1.165) is 10.9 Å². The van der Waals surface area contributed by atoms with E-state index in [4.69, 9.17) is 16.7 Å². The number of hydrogen-bond acceptors (Lipinski definition) is 5. The van der Waals surface area contributed by atoms with Crippen molar-refractivity contribution in [2.75, 3.05) is 25.0 Å². The van der Waals surface area contributed by atoms with Gasteiger partial charge < -0.3 is 14.9 Å². The average molecular weight is 387 g/mol. The highest BCUT2D eigenvalue weighted by molar-refractivity contribution is 9.10. The summed E-state index contributed by atoms with van der Waals surface area (Å²) in [5.41, 5.74) is 1.12. The van der Waals surface area contributed by atoms with Gasteiger partial charge >= 0.3 is 6.09 Å². The van der Waals surface area contributed by atoms with Gasteiger partial charge in [-0.05, 0) is 28.4 Å². The summed E-state index contributed by atoms with van der Waals surface area (Å²) >= 11 is 9.57. The summed E-state index contributed by atoms with van der Waals surface area (Å²) in [6.07, 6.45) is 1.45. The van der Waals surface area contributed by atoms with Crippen LogP contribution in [0.15, 0.2) is 16.7 Å². The lowest BCUT2D eigenvalue weighted by Gasteiger charge is -2.22. The summed E-state index contributed by atoms with van der Waals surface area (Å²) in [5.74, 6) is 0.547. The Kier molecular flexibility index (Phi) is 4.05. The smallest absolute Gasteiger partial charge is 0.407 e. The summed E-state index contributed by atoms with van der Waals surface area (Å²) in [6.45, 7) is 1.22. The lowest BCUT2D eigenvalue weighted by molar-refractivity contribution is 0.142. The maximum Gasteiger partial charge on any atom is 0.407 e. The number of rotatable bonds is 2. The Morgan fingerprint density at radius 3 is 3.05 bits per heavy atom. The van der Waals surface area contributed by atoms with Gasteiger partial charge in [-0.2, -0.15) is 0 Å². The number of anilines is 1. The van der Waals surface area contributed by atoms with Gasteiger partial charge in [0.2, 0.25) is 0 Å². The van der Waals surface area contributed by atoms with Crippen molar-refractivity contribution in [1.82, 2.24) is 19.9 Å². The summed E-state index contributed by atoms with van der Waals surface area (Å²) < 4.78 is 0.808. The van der Waals surface area contributed by atoms with Crippen LogP contribution in [-0.4, -0.2) is 57.2 Å². The van der Waals surface area contributed by atoms with Crippen LogP contribution in [0.3, 0.4) is 0 Å². The predicted octanol–water partition coefficient (Wildman–Crippen LogP) is 2.63. The first-order valence-electron chi connectivity index (χ1n) is 6.65. The van der Waals surface area contributed by atoms with Gasteiger partial charge in [-0.1, -0.05) is 11.6 Å². The largest absolute Gasteiger partial charge is 0.465 e. The van der Waals surface area contributed by atoms with Gasteiger partial charge in [0.25, 0.3) is 0 Å². The Morgan fingerprint density at radius 2 is 2.32 bits per heavy atom. The molecule has 0 aromatic carbocycles. The van der Waals surface area contributed by atoms with Crippen LogP contribution in [0.1, 0.15) is 6.42 Å². The second kappa shape index (κ2) is 5.85. The van der Waals surface area contributed by atoms with Crippen LogP contribution in [0.4, 0.5) is 10.6 Å². The zero-order valence-corrected chi connectivity index (χ0v) is 14.0. The molecule has 9 heteroatoms. The first-order chi connectivity index (χ1) is 10.5. The molecule has 22 heavy (non-hydrogen) atoms. The van der Waals surface area contributed by atoms with E-state index in [0.29, 0.717) is 35.2 Å². The van der Waals surface area contributed by atoms with E-state index < -0.39 is 6.09 Å². The molecule has 1 saturated heterocycles. The van der Waals surface area contributed by atoms with Gasteiger partial charge in [0.05, 0.1) is 6.04 Å². The number of amides is 1. The molecule has 1 N–H and O–H groups in total. The zero-order chi connectivity index (χ0) is 15.9. The SMILES string of the molecule is CN(C(=O)O)[C@@H]1CCN(c2nc3ncc(Br)cc3nc2Cl)C1. The molecule has 0 spiro atoms. The summed E-state index contributed by atoms with van der Waals surface area (Å²) in [7, 11) is 1.57. The Balaban J connectivity index is 1.89. The van der Waals surface area contributed by atoms with Gasteiger partial charge in [-0.25, -0.2) is 19.7 Å². The fraction of sp³-hybridized carbons (Fsp3) is 0.385. The van der Waals surface area contributed by atoms with E-state index in [1.165, 1.54) is 4.90 Å². The Labute approximate surface area is 140 Å². The quantitative estimate of drug-likeness (QED) is 0.854. The van der Waals surface area contributed by atoms with Crippen molar-refractivity contribution < 1.29 is 9.90 Å². The van der Waals surface area contributed by atoms with Crippen molar-refractivity contribution in [3.05, 3.63) is 21.9 Å². The monoisotopic (exact) mass is 385 g/mol. The fourth-order valence-corrected chi connectivity index (χ4v) is 3.07. The number of aromatic nitrogens is 3. The highest BCUT2D eigenvalue weighted by Gasteiger charge is 2.30. The molecule has 0 bridgehead atoms. The molecule has 2 aromatic rings. The third-order valence-corrected chi connectivity index (χ3v) is 4.43. The van der Waals surface area contributed by atoms with Crippen LogP contribution >= 0.6 is 27.5 Å². The van der Waals surface area contributed by atoms with E-state index in [-0.39, 0.29) is 6.04 Å². The van der Waals surface area contributed by atoms with Gasteiger partial charge in [0, 0.05) is 30.8 Å². The lowest BCUT2D eigenvalue weighted by Crippen LogP contribution is -2.38. The maximum atomic E-state index is 11.0. The number of pyridine rings is 1. The van der Waals surface area contributed by atoms with Crippen molar-refractivity contribution in [2.24, 2.45) is 0 Å². The topological polar surface area (TPSA) is 82.5 Å². The third-order valence-electron chi connectivity index (χ3n) is 3.74. The van der Waals surface area contributed by atoms with E-state index in [2.05, 4.69) is 30.9 Å². The predicted molar refractivity (Wildman–Crippen MR) is 86.4 cm³/mol. The number of fused-ring (bicyclic) bond motifs is 1. The molecule has 1 aliphatic heterocycles. The third kappa shape index (κ3) is 2.80. The number of hydrogen-bond donors (Lipinski definition) is 1. The van der Waals surface area contributed by atoms with E-state index in [1.54, 1.807) is 19.3 Å². The molecule has 3 rings (SSSR count). The number of likely N-dealkylation sites (N-methyl/N-ethyl adjacent to an activating group) is 1. The molecule has 0 aliphatic carbocycles. The number of nitrogens with zero attached hydrogens (tertiary/aromatic N) is 5. The van der Waals surface area contributed by atoms with Gasteiger partial charge in [-0.15, -0.1) is 0 Å². The Bertz CT molecular complexity index is 744. The first kappa shape index (κ1) is 15.2. The molecule has 1 atom stereocenters. The highest BCUT2D eigenvalue weighted by atomic mass is 79.9. The van der Waals surface area contributed by atoms with E-state index in [1.807, 2.05) is 4.90 Å². The van der Waals surface area contributed by atoms with E-state index >= 15 is 0 Å². The van der Waals surface area contributed by atoms with Crippen molar-refractivity contribution >= 4 is 50.6 Å². The number of halogens is 2. The van der Waals surface area contributed by atoms with Gasteiger partial charge in [-0.3, -0.25) is 0 Å². The van der Waals surface area contributed by atoms with Crippen molar-refractivity contribution in [3.8, 4) is 0 Å². The highest BCUT2D eigenvalue weighted by Crippen LogP contribution is 2.28. The minimum Gasteiger partial charge on any atom is -0.465 e. The van der Waals surface area contributed by atoms with E-state index in [9.17, 15) is 4.79 Å². The maximum absolute atomic E-state index is 11.0. The standard InChI is InChI=1S/C13H13BrClN5O2/c1-19(13(21)22)8-2-3-20(6-8)12-10(15)17-9-4-7(14)5-16-11(9)18-12/h4-5,8H,2-3,6H2,1H3,(H,21,22)/t8-/m1/s1. The summed E-state index contributed by atoms with van der Waals surface area (Å²) in [6, 6.07) is 1.72. The number of carbonyl (C=O) groups is 1. The number of carboxylic acid groups (broad SMARTS) is 1. The minimum absolute atomic E-state index is 0.0797. The minimum atomic E-state index is -0.936. The van der Waals surface area contributed by atoms with Crippen LogP contribution in [0.5, 0.6) is 0 Å². The lowest BCUT2D eigenvalue weighted by atomic mass is 10.2. The van der Waals surface area contributed by atoms with Crippen LogP contribution < -0.4 is 4.90 Å². The molecular weight excluding hydrogens is 374 g/mol. The first-order valence-corrected chi connectivity index (χ1v) is 7.82. The molecule has 1 aliphatic rings. The molecule has 2 aromatic heterocycles. The molecule has 1 amide bonds. The molecule has 0 radical (unpaired) electrons. The Morgan fingerprint density at radius 1 is 1.55 bits per heavy atom. The van der Waals surface area contributed by atoms with Crippen molar-refractivity contribution in [3.63, 3.8) is 0 Å². The molecule has 1 fully saturated rings. The molecule has 3 heterocycles. The second-order valence-electron chi connectivity index (χ2n) is 5.12. The van der Waals surface area contributed by atoms with Crippen LogP contribution in [0, 0.1) is 0 Å². The molecular formula is C13H13BrClN5O2. The fourth-order valence-electron chi connectivity index (χ4n) is 2.50. The second-order valence-corrected chi connectivity index (χ2v) is 6.39. The molecule has 7 nitrogen and oxygen atoms in total.